The van der Waals surface area contributed by atoms with Gasteiger partial charge in [-0.2, -0.15) is 0 Å². The Morgan fingerprint density at radius 1 is 1.41 bits per heavy atom. The molecule has 0 fully saturated rings. The Kier molecular flexibility index (Phi) is 3.15. The van der Waals surface area contributed by atoms with Crippen molar-refractivity contribution in [1.29, 1.82) is 0 Å². The molecule has 0 aliphatic heterocycles. The van der Waals surface area contributed by atoms with Gasteiger partial charge in [-0.3, -0.25) is 0 Å². The number of aromatic nitrogens is 2. The summed E-state index contributed by atoms with van der Waals surface area (Å²) in [5.41, 5.74) is 7.36. The second-order valence-corrected chi connectivity index (χ2v) is 4.59. The molecule has 0 aliphatic rings. The number of nitrogens with two attached hydrogens (primary N) is 1. The van der Waals surface area contributed by atoms with Crippen molar-refractivity contribution in [3.63, 3.8) is 0 Å². The van der Waals surface area contributed by atoms with Gasteiger partial charge in [0.25, 0.3) is 0 Å². The average Bonchev–Trinajstić information content (AvgIpc) is 2.67. The van der Waals surface area contributed by atoms with Gasteiger partial charge < -0.3 is 10.3 Å². The molecule has 0 spiro atoms. The minimum atomic E-state index is -0.285. The zero-order valence-electron chi connectivity index (χ0n) is 10.4. The fourth-order valence-electron chi connectivity index (χ4n) is 2.02. The molecular weight excluding hydrogens is 217 g/mol. The second-order valence-electron chi connectivity index (χ2n) is 4.59. The van der Waals surface area contributed by atoms with E-state index >= 15 is 0 Å². The molecule has 1 aromatic heterocycles. The normalized spacial score (nSPS) is 13.5. The van der Waals surface area contributed by atoms with Crippen molar-refractivity contribution in [2.24, 2.45) is 11.7 Å². The monoisotopic (exact) mass is 235 g/mol. The quantitative estimate of drug-likeness (QED) is 0.889. The van der Waals surface area contributed by atoms with Crippen molar-refractivity contribution in [3.8, 4) is 0 Å². The van der Waals surface area contributed by atoms with Gasteiger partial charge in [0.05, 0.1) is 11.6 Å². The molecule has 92 valence electrons. The van der Waals surface area contributed by atoms with Crippen molar-refractivity contribution >= 4 is 11.0 Å². The Balaban J connectivity index is 2.68. The lowest BCUT2D eigenvalue weighted by molar-refractivity contribution is 0.472. The van der Waals surface area contributed by atoms with E-state index in [2.05, 4.69) is 4.98 Å². The molecule has 0 saturated heterocycles. The molecule has 4 heteroatoms. The summed E-state index contributed by atoms with van der Waals surface area (Å²) in [6, 6.07) is 4.85. The molecule has 3 nitrogen and oxygen atoms in total. The van der Waals surface area contributed by atoms with Crippen LogP contribution in [0.4, 0.5) is 4.39 Å². The van der Waals surface area contributed by atoms with Crippen LogP contribution in [0, 0.1) is 11.7 Å². The van der Waals surface area contributed by atoms with Gasteiger partial charge in [-0.1, -0.05) is 19.9 Å². The van der Waals surface area contributed by atoms with Gasteiger partial charge in [0.1, 0.15) is 11.3 Å². The molecular formula is C13H18FN3. The lowest BCUT2D eigenvalue weighted by atomic mass is 10.1. The van der Waals surface area contributed by atoms with E-state index in [0.29, 0.717) is 5.52 Å². The lowest BCUT2D eigenvalue weighted by Gasteiger charge is -2.16. The van der Waals surface area contributed by atoms with Crippen LogP contribution >= 0.6 is 0 Å². The SMILES string of the molecule is CCn1c(C(N)C(C)C)nc2c(F)cccc21. The summed E-state index contributed by atoms with van der Waals surface area (Å²) in [5, 5.41) is 0. The second kappa shape index (κ2) is 4.45. The fourth-order valence-corrected chi connectivity index (χ4v) is 2.02. The summed E-state index contributed by atoms with van der Waals surface area (Å²) in [4.78, 5) is 4.37. The summed E-state index contributed by atoms with van der Waals surface area (Å²) in [5.74, 6) is 0.759. The molecule has 1 atom stereocenters. The predicted molar refractivity (Wildman–Crippen MR) is 67.1 cm³/mol. The highest BCUT2D eigenvalue weighted by Gasteiger charge is 2.20. The van der Waals surface area contributed by atoms with E-state index in [4.69, 9.17) is 5.73 Å². The molecule has 0 radical (unpaired) electrons. The van der Waals surface area contributed by atoms with Crippen LogP contribution in [0.25, 0.3) is 11.0 Å². The molecule has 2 rings (SSSR count). The maximum absolute atomic E-state index is 13.7. The van der Waals surface area contributed by atoms with Gasteiger partial charge in [0.2, 0.25) is 0 Å². The van der Waals surface area contributed by atoms with Crippen molar-refractivity contribution in [1.82, 2.24) is 9.55 Å². The number of fused-ring (bicyclic) bond motifs is 1. The van der Waals surface area contributed by atoms with Crippen LogP contribution in [-0.2, 0) is 6.54 Å². The Hall–Kier alpha value is -1.42. The number of para-hydroxylation sites is 1. The summed E-state index contributed by atoms with van der Waals surface area (Å²) in [6.45, 7) is 6.85. The highest BCUT2D eigenvalue weighted by atomic mass is 19.1. The van der Waals surface area contributed by atoms with Crippen LogP contribution in [0.1, 0.15) is 32.6 Å². The first-order valence-corrected chi connectivity index (χ1v) is 5.96. The molecule has 2 N–H and O–H groups in total. The van der Waals surface area contributed by atoms with Crippen molar-refractivity contribution in [3.05, 3.63) is 29.8 Å². The first-order chi connectivity index (χ1) is 8.06. The third kappa shape index (κ3) is 1.93. The minimum absolute atomic E-state index is 0.165. The van der Waals surface area contributed by atoms with Gasteiger partial charge in [0.15, 0.2) is 5.82 Å². The zero-order chi connectivity index (χ0) is 12.6. The van der Waals surface area contributed by atoms with Crippen LogP contribution in [0.3, 0.4) is 0 Å². The van der Waals surface area contributed by atoms with Crippen molar-refractivity contribution in [2.45, 2.75) is 33.4 Å². The minimum Gasteiger partial charge on any atom is -0.327 e. The molecule has 2 aromatic rings. The van der Waals surface area contributed by atoms with Crippen LogP contribution in [0.2, 0.25) is 0 Å². The largest absolute Gasteiger partial charge is 0.327 e. The number of nitrogens with zero attached hydrogens (tertiary/aromatic N) is 2. The highest BCUT2D eigenvalue weighted by molar-refractivity contribution is 5.76. The lowest BCUT2D eigenvalue weighted by Crippen LogP contribution is -2.21. The molecule has 0 saturated carbocycles. The van der Waals surface area contributed by atoms with Gasteiger partial charge in [-0.25, -0.2) is 9.37 Å². The third-order valence-corrected chi connectivity index (χ3v) is 3.09. The Bertz CT molecular complexity index is 531. The number of halogens is 1. The van der Waals surface area contributed by atoms with Crippen molar-refractivity contribution < 1.29 is 4.39 Å². The maximum Gasteiger partial charge on any atom is 0.151 e. The number of hydrogen-bond donors (Lipinski definition) is 1. The molecule has 1 heterocycles. The zero-order valence-corrected chi connectivity index (χ0v) is 10.4. The molecule has 0 bridgehead atoms. The third-order valence-electron chi connectivity index (χ3n) is 3.09. The van der Waals surface area contributed by atoms with Gasteiger partial charge in [-0.05, 0) is 25.0 Å². The standard InChI is InChI=1S/C13H18FN3/c1-4-17-10-7-5-6-9(14)12(10)16-13(17)11(15)8(2)3/h5-8,11H,4,15H2,1-3H3. The number of hydrogen-bond acceptors (Lipinski definition) is 2. The fraction of sp³-hybridized carbons (Fsp3) is 0.462. The van der Waals surface area contributed by atoms with Crippen molar-refractivity contribution in [2.75, 3.05) is 0 Å². The van der Waals surface area contributed by atoms with E-state index in [1.165, 1.54) is 6.07 Å². The van der Waals surface area contributed by atoms with Gasteiger partial charge in [-0.15, -0.1) is 0 Å². The van der Waals surface area contributed by atoms with Gasteiger partial charge >= 0.3 is 0 Å². The molecule has 1 aromatic carbocycles. The van der Waals surface area contributed by atoms with Crippen LogP contribution in [-0.4, -0.2) is 9.55 Å². The topological polar surface area (TPSA) is 43.8 Å². The molecule has 1 unspecified atom stereocenters. The summed E-state index contributed by atoms with van der Waals surface area (Å²) < 4.78 is 15.7. The first kappa shape index (κ1) is 12.0. The van der Waals surface area contributed by atoms with E-state index in [1.54, 1.807) is 6.07 Å². The van der Waals surface area contributed by atoms with E-state index in [-0.39, 0.29) is 17.8 Å². The summed E-state index contributed by atoms with van der Waals surface area (Å²) in [6.07, 6.45) is 0. The highest BCUT2D eigenvalue weighted by Crippen LogP contribution is 2.25. The Labute approximate surface area is 100 Å². The van der Waals surface area contributed by atoms with Gasteiger partial charge in [0, 0.05) is 6.54 Å². The number of aryl methyl sites for hydroxylation is 1. The van der Waals surface area contributed by atoms with E-state index in [1.807, 2.05) is 31.4 Å². The molecule has 0 amide bonds. The summed E-state index contributed by atoms with van der Waals surface area (Å²) in [7, 11) is 0. The molecule has 17 heavy (non-hydrogen) atoms. The first-order valence-electron chi connectivity index (χ1n) is 5.96. The number of rotatable bonds is 3. The van der Waals surface area contributed by atoms with E-state index in [9.17, 15) is 4.39 Å². The maximum atomic E-state index is 13.7. The van der Waals surface area contributed by atoms with E-state index < -0.39 is 0 Å². The van der Waals surface area contributed by atoms with E-state index in [0.717, 1.165) is 17.9 Å². The Morgan fingerprint density at radius 3 is 2.71 bits per heavy atom. The summed E-state index contributed by atoms with van der Waals surface area (Å²) >= 11 is 0. The van der Waals surface area contributed by atoms with Crippen LogP contribution in [0.5, 0.6) is 0 Å². The van der Waals surface area contributed by atoms with Crippen LogP contribution < -0.4 is 5.73 Å². The average molecular weight is 235 g/mol. The van der Waals surface area contributed by atoms with Crippen LogP contribution in [0.15, 0.2) is 18.2 Å². The smallest absolute Gasteiger partial charge is 0.151 e. The molecule has 0 aliphatic carbocycles. The number of imidazole rings is 1. The number of benzene rings is 1. The predicted octanol–water partition coefficient (Wildman–Crippen LogP) is 2.85. The Morgan fingerprint density at radius 2 is 2.12 bits per heavy atom.